The Morgan fingerprint density at radius 3 is 1.88 bits per heavy atom. The highest BCUT2D eigenvalue weighted by molar-refractivity contribution is 5.75. The zero-order valence-electron chi connectivity index (χ0n) is 22.8. The number of imidazole rings is 1. The summed E-state index contributed by atoms with van der Waals surface area (Å²) >= 11 is 0. The van der Waals surface area contributed by atoms with Crippen molar-refractivity contribution in [1.82, 2.24) is 18.7 Å². The molecule has 1 N–H and O–H groups in total. The van der Waals surface area contributed by atoms with Crippen LogP contribution in [0.15, 0.2) is 101 Å². The molecule has 6 rings (SSSR count). The van der Waals surface area contributed by atoms with Crippen LogP contribution in [0.4, 0.5) is 5.95 Å². The number of nitrogens with zero attached hydrogens (tertiary/aromatic N) is 5. The molecule has 0 bridgehead atoms. The number of rotatable bonds is 6. The third-order valence-corrected chi connectivity index (χ3v) is 8.31. The summed E-state index contributed by atoms with van der Waals surface area (Å²) in [6.07, 6.45) is 1.46. The summed E-state index contributed by atoms with van der Waals surface area (Å²) in [6.45, 7) is 1.76. The van der Waals surface area contributed by atoms with E-state index >= 15 is 0 Å². The highest BCUT2D eigenvalue weighted by Gasteiger charge is 2.42. The van der Waals surface area contributed by atoms with Gasteiger partial charge in [0.2, 0.25) is 5.95 Å². The van der Waals surface area contributed by atoms with E-state index < -0.39 is 11.3 Å². The van der Waals surface area contributed by atoms with Gasteiger partial charge in [-0.3, -0.25) is 18.5 Å². The van der Waals surface area contributed by atoms with Gasteiger partial charge in [-0.15, -0.1) is 0 Å². The van der Waals surface area contributed by atoms with Gasteiger partial charge in [-0.1, -0.05) is 91.0 Å². The van der Waals surface area contributed by atoms with Crippen LogP contribution in [0.5, 0.6) is 0 Å². The summed E-state index contributed by atoms with van der Waals surface area (Å²) in [5, 5.41) is 12.3. The van der Waals surface area contributed by atoms with E-state index in [0.29, 0.717) is 36.7 Å². The van der Waals surface area contributed by atoms with Crippen LogP contribution in [0.2, 0.25) is 0 Å². The van der Waals surface area contributed by atoms with Crippen LogP contribution in [0.1, 0.15) is 29.5 Å². The number of aliphatic hydroxyl groups is 1. The van der Waals surface area contributed by atoms with E-state index in [-0.39, 0.29) is 11.5 Å². The van der Waals surface area contributed by atoms with Crippen molar-refractivity contribution in [2.45, 2.75) is 25.0 Å². The van der Waals surface area contributed by atoms with Gasteiger partial charge in [-0.2, -0.15) is 4.98 Å². The summed E-state index contributed by atoms with van der Waals surface area (Å²) in [4.78, 5) is 33.1. The molecule has 0 saturated carbocycles. The van der Waals surface area contributed by atoms with Crippen LogP contribution in [-0.2, 0) is 26.2 Å². The van der Waals surface area contributed by atoms with Crippen molar-refractivity contribution >= 4 is 17.1 Å². The van der Waals surface area contributed by atoms with Crippen LogP contribution in [0.3, 0.4) is 0 Å². The second kappa shape index (κ2) is 10.3. The van der Waals surface area contributed by atoms with Gasteiger partial charge in [0, 0.05) is 27.2 Å². The summed E-state index contributed by atoms with van der Waals surface area (Å²) in [5.74, 6) is 0.649. The maximum atomic E-state index is 13.3. The lowest BCUT2D eigenvalue weighted by molar-refractivity contribution is 0.00491. The van der Waals surface area contributed by atoms with Crippen LogP contribution >= 0.6 is 0 Å². The van der Waals surface area contributed by atoms with Gasteiger partial charge < -0.3 is 10.0 Å². The molecule has 3 heterocycles. The Morgan fingerprint density at radius 2 is 1.32 bits per heavy atom. The lowest BCUT2D eigenvalue weighted by Crippen LogP contribution is -2.45. The average molecular weight is 536 g/mol. The second-order valence-electron chi connectivity index (χ2n) is 10.6. The van der Waals surface area contributed by atoms with Crippen LogP contribution in [-0.4, -0.2) is 36.9 Å². The monoisotopic (exact) mass is 535 g/mol. The summed E-state index contributed by atoms with van der Waals surface area (Å²) < 4.78 is 4.52. The van der Waals surface area contributed by atoms with Crippen LogP contribution < -0.4 is 16.1 Å². The predicted molar refractivity (Wildman–Crippen MR) is 157 cm³/mol. The van der Waals surface area contributed by atoms with Gasteiger partial charge in [0.1, 0.15) is 5.60 Å². The van der Waals surface area contributed by atoms with Crippen molar-refractivity contribution in [1.29, 1.82) is 0 Å². The number of anilines is 1. The smallest absolute Gasteiger partial charge is 0.332 e. The fraction of sp³-hybridized carbons (Fsp3) is 0.281. The molecule has 40 heavy (non-hydrogen) atoms. The van der Waals surface area contributed by atoms with E-state index in [4.69, 9.17) is 4.98 Å². The molecule has 8 heteroatoms. The molecule has 0 amide bonds. The molecule has 8 nitrogen and oxygen atoms in total. The second-order valence-corrected chi connectivity index (χ2v) is 10.6. The first-order valence-electron chi connectivity index (χ1n) is 13.7. The molecule has 204 valence electrons. The van der Waals surface area contributed by atoms with E-state index in [2.05, 4.69) is 4.90 Å². The number of benzene rings is 3. The zero-order valence-corrected chi connectivity index (χ0v) is 22.8. The third kappa shape index (κ3) is 4.25. The van der Waals surface area contributed by atoms with Crippen molar-refractivity contribution in [3.8, 4) is 0 Å². The van der Waals surface area contributed by atoms with E-state index in [0.717, 1.165) is 34.1 Å². The Bertz CT molecular complexity index is 1710. The molecule has 1 saturated heterocycles. The van der Waals surface area contributed by atoms with E-state index in [9.17, 15) is 14.7 Å². The Morgan fingerprint density at radius 1 is 0.800 bits per heavy atom. The lowest BCUT2D eigenvalue weighted by atomic mass is 9.72. The van der Waals surface area contributed by atoms with Gasteiger partial charge in [-0.25, -0.2) is 4.79 Å². The number of hydrogen-bond donors (Lipinski definition) is 1. The number of hydrogen-bond acceptors (Lipinski definition) is 5. The molecule has 1 aliphatic rings. The molecule has 1 aliphatic heterocycles. The molecular weight excluding hydrogens is 502 g/mol. The Kier molecular flexibility index (Phi) is 6.64. The van der Waals surface area contributed by atoms with Crippen LogP contribution in [0.25, 0.3) is 11.2 Å². The SMILES string of the molecule is Cn1c(=O)c2c(nc(N3CCC(C(O)(c4ccccc4)c4ccccc4)CC3)n2Cc2ccccc2)n(C)c1=O. The van der Waals surface area contributed by atoms with Gasteiger partial charge in [0.15, 0.2) is 11.2 Å². The number of aromatic nitrogens is 4. The Hall–Kier alpha value is -4.43. The van der Waals surface area contributed by atoms with Gasteiger partial charge in [0.25, 0.3) is 5.56 Å². The minimum atomic E-state index is -1.13. The first-order chi connectivity index (χ1) is 19.4. The maximum absolute atomic E-state index is 13.3. The van der Waals surface area contributed by atoms with Gasteiger partial charge >= 0.3 is 5.69 Å². The predicted octanol–water partition coefficient (Wildman–Crippen LogP) is 3.63. The molecule has 3 aromatic carbocycles. The first-order valence-corrected chi connectivity index (χ1v) is 13.7. The van der Waals surface area contributed by atoms with E-state index in [1.165, 1.54) is 11.6 Å². The molecule has 1 fully saturated rings. The fourth-order valence-corrected chi connectivity index (χ4v) is 6.11. The van der Waals surface area contributed by atoms with Crippen molar-refractivity contribution in [3.05, 3.63) is 129 Å². The fourth-order valence-electron chi connectivity index (χ4n) is 6.11. The number of aryl methyl sites for hydroxylation is 1. The number of fused-ring (bicyclic) bond motifs is 1. The summed E-state index contributed by atoms with van der Waals surface area (Å²) in [6, 6.07) is 29.7. The van der Waals surface area contributed by atoms with E-state index in [1.807, 2.05) is 95.6 Å². The third-order valence-electron chi connectivity index (χ3n) is 8.31. The Balaban J connectivity index is 1.39. The number of piperidine rings is 1. The summed E-state index contributed by atoms with van der Waals surface area (Å²) in [5.41, 5.74) is 1.72. The van der Waals surface area contributed by atoms with E-state index in [1.54, 1.807) is 7.05 Å². The lowest BCUT2D eigenvalue weighted by Gasteiger charge is -2.42. The Labute approximate surface area is 232 Å². The van der Waals surface area contributed by atoms with Crippen molar-refractivity contribution in [2.75, 3.05) is 18.0 Å². The minimum Gasteiger partial charge on any atom is -0.380 e. The maximum Gasteiger partial charge on any atom is 0.332 e. The molecule has 5 aromatic rings. The van der Waals surface area contributed by atoms with Crippen molar-refractivity contribution < 1.29 is 5.11 Å². The topological polar surface area (TPSA) is 85.3 Å². The molecule has 0 unspecified atom stereocenters. The minimum absolute atomic E-state index is 0.0160. The average Bonchev–Trinajstić information content (AvgIpc) is 3.39. The quantitative estimate of drug-likeness (QED) is 0.359. The van der Waals surface area contributed by atoms with Crippen molar-refractivity contribution in [3.63, 3.8) is 0 Å². The molecule has 0 atom stereocenters. The van der Waals surface area contributed by atoms with Gasteiger partial charge in [-0.05, 0) is 35.4 Å². The highest BCUT2D eigenvalue weighted by atomic mass is 16.3. The zero-order chi connectivity index (χ0) is 27.9. The first kappa shape index (κ1) is 25.8. The van der Waals surface area contributed by atoms with Crippen molar-refractivity contribution in [2.24, 2.45) is 20.0 Å². The normalized spacial score (nSPS) is 14.6. The van der Waals surface area contributed by atoms with Gasteiger partial charge in [0.05, 0.1) is 6.54 Å². The molecule has 0 aliphatic carbocycles. The molecule has 0 radical (unpaired) electrons. The molecule has 2 aromatic heterocycles. The standard InChI is InChI=1S/C32H33N5O3/c1-34-28-27(29(38)35(2)31(34)39)37(22-23-12-6-3-7-13-23)30(33-28)36-20-18-26(19-21-36)32(40,24-14-8-4-9-15-24)25-16-10-5-11-17-25/h3-17,26,40H,18-22H2,1-2H3. The molecular formula is C32H33N5O3. The highest BCUT2D eigenvalue weighted by Crippen LogP contribution is 2.42. The molecule has 0 spiro atoms. The van der Waals surface area contributed by atoms with Crippen LogP contribution in [0, 0.1) is 5.92 Å². The largest absolute Gasteiger partial charge is 0.380 e. The summed E-state index contributed by atoms with van der Waals surface area (Å²) in [7, 11) is 3.16.